The molecule has 0 saturated carbocycles. The first-order chi connectivity index (χ1) is 13.2. The second kappa shape index (κ2) is 7.79. The Bertz CT molecular complexity index is 880. The van der Waals surface area contributed by atoms with Crippen LogP contribution in [0.4, 0.5) is 13.2 Å². The molecule has 0 radical (unpaired) electrons. The monoisotopic (exact) mass is 395 g/mol. The molecule has 2 N–H and O–H groups in total. The van der Waals surface area contributed by atoms with Crippen molar-refractivity contribution >= 4 is 11.9 Å². The largest absolute Gasteiger partial charge is 0.573 e. The lowest BCUT2D eigenvalue weighted by molar-refractivity contribution is -0.274. The number of carbonyl (C=O) groups is 2. The molecule has 1 aliphatic rings. The lowest BCUT2D eigenvalue weighted by atomic mass is 10.0. The van der Waals surface area contributed by atoms with Crippen molar-refractivity contribution in [1.29, 1.82) is 0 Å². The van der Waals surface area contributed by atoms with Gasteiger partial charge in [0.2, 0.25) is 5.91 Å². The Hall–Kier alpha value is -3.23. The minimum atomic E-state index is -4.80. The number of benzene rings is 2. The molecule has 0 saturated heterocycles. The van der Waals surface area contributed by atoms with E-state index in [1.807, 2.05) is 0 Å². The number of carboxylic acids is 1. The van der Waals surface area contributed by atoms with Crippen LogP contribution in [0.3, 0.4) is 0 Å². The van der Waals surface area contributed by atoms with Gasteiger partial charge < -0.3 is 19.9 Å². The quantitative estimate of drug-likeness (QED) is 0.786. The van der Waals surface area contributed by atoms with Crippen molar-refractivity contribution in [2.75, 3.05) is 6.61 Å². The summed E-state index contributed by atoms with van der Waals surface area (Å²) in [5, 5.41) is 11.9. The third-order valence-electron chi connectivity index (χ3n) is 4.12. The van der Waals surface area contributed by atoms with Crippen LogP contribution in [0.15, 0.2) is 42.5 Å². The minimum absolute atomic E-state index is 0.190. The third-order valence-corrected chi connectivity index (χ3v) is 4.12. The summed E-state index contributed by atoms with van der Waals surface area (Å²) in [5.41, 5.74) is 1.70. The molecule has 28 heavy (non-hydrogen) atoms. The molecule has 1 amide bonds. The molecular formula is C19H16F3NO5. The van der Waals surface area contributed by atoms with E-state index in [9.17, 15) is 27.9 Å². The van der Waals surface area contributed by atoms with Crippen molar-refractivity contribution in [3.63, 3.8) is 0 Å². The first-order valence-corrected chi connectivity index (χ1v) is 8.34. The van der Waals surface area contributed by atoms with Gasteiger partial charge in [-0.25, -0.2) is 4.79 Å². The number of nitrogens with one attached hydrogen (secondary N) is 1. The first-order valence-electron chi connectivity index (χ1n) is 8.34. The lowest BCUT2D eigenvalue weighted by Crippen LogP contribution is -2.34. The molecule has 3 rings (SSSR count). The Morgan fingerprint density at radius 2 is 1.89 bits per heavy atom. The number of hydrogen-bond donors (Lipinski definition) is 2. The molecule has 2 aromatic carbocycles. The standard InChI is InChI=1S/C19H16F3NO5/c20-19(21,22)28-14-4-1-11(2-5-14)9-16(24)23-17(18(25)26)13-3-6-15-12(10-13)7-8-27-15/h1-6,10,17H,7-9H2,(H,23,24)(H,25,26). The van der Waals surface area contributed by atoms with Gasteiger partial charge in [-0.1, -0.05) is 18.2 Å². The van der Waals surface area contributed by atoms with Gasteiger partial charge in [0.05, 0.1) is 13.0 Å². The molecule has 0 aromatic heterocycles. The number of amides is 1. The number of ether oxygens (including phenoxy) is 2. The first kappa shape index (κ1) is 19.5. The maximum Gasteiger partial charge on any atom is 0.573 e. The van der Waals surface area contributed by atoms with Crippen LogP contribution in [0.2, 0.25) is 0 Å². The Morgan fingerprint density at radius 1 is 1.18 bits per heavy atom. The summed E-state index contributed by atoms with van der Waals surface area (Å²) >= 11 is 0. The van der Waals surface area contributed by atoms with E-state index in [1.54, 1.807) is 18.2 Å². The number of rotatable bonds is 6. The van der Waals surface area contributed by atoms with Crippen LogP contribution < -0.4 is 14.8 Å². The maximum atomic E-state index is 12.2. The summed E-state index contributed by atoms with van der Waals surface area (Å²) in [6, 6.07) is 8.48. The highest BCUT2D eigenvalue weighted by Crippen LogP contribution is 2.28. The van der Waals surface area contributed by atoms with Crippen LogP contribution in [0.1, 0.15) is 22.7 Å². The van der Waals surface area contributed by atoms with E-state index in [1.165, 1.54) is 12.1 Å². The van der Waals surface area contributed by atoms with Crippen molar-refractivity contribution in [3.05, 3.63) is 59.2 Å². The number of hydrogen-bond acceptors (Lipinski definition) is 4. The third kappa shape index (κ3) is 4.93. The molecule has 148 valence electrons. The molecule has 1 atom stereocenters. The topological polar surface area (TPSA) is 84.9 Å². The van der Waals surface area contributed by atoms with E-state index in [0.29, 0.717) is 29.9 Å². The number of aliphatic carboxylic acids is 1. The maximum absolute atomic E-state index is 12.2. The van der Waals surface area contributed by atoms with E-state index < -0.39 is 30.0 Å². The van der Waals surface area contributed by atoms with E-state index in [4.69, 9.17) is 4.74 Å². The molecule has 0 fully saturated rings. The van der Waals surface area contributed by atoms with Crippen LogP contribution >= 0.6 is 0 Å². The number of alkyl halides is 3. The van der Waals surface area contributed by atoms with Crippen LogP contribution in [-0.4, -0.2) is 30.0 Å². The van der Waals surface area contributed by atoms with Gasteiger partial charge in [0.15, 0.2) is 6.04 Å². The van der Waals surface area contributed by atoms with E-state index >= 15 is 0 Å². The van der Waals surface area contributed by atoms with Gasteiger partial charge in [-0.05, 0) is 41.0 Å². The molecule has 0 bridgehead atoms. The highest BCUT2D eigenvalue weighted by Gasteiger charge is 2.31. The zero-order valence-electron chi connectivity index (χ0n) is 14.5. The van der Waals surface area contributed by atoms with Gasteiger partial charge in [0.1, 0.15) is 11.5 Å². The SMILES string of the molecule is O=C(Cc1ccc(OC(F)(F)F)cc1)NC(C(=O)O)c1ccc2c(c1)CCO2. The van der Waals surface area contributed by atoms with E-state index in [0.717, 1.165) is 17.7 Å². The number of carbonyl (C=O) groups excluding carboxylic acids is 1. The number of carboxylic acid groups (broad SMARTS) is 1. The van der Waals surface area contributed by atoms with Gasteiger partial charge in [-0.15, -0.1) is 13.2 Å². The molecular weight excluding hydrogens is 379 g/mol. The molecule has 1 unspecified atom stereocenters. The summed E-state index contributed by atoms with van der Waals surface area (Å²) in [5.74, 6) is -1.50. The number of halogens is 3. The summed E-state index contributed by atoms with van der Waals surface area (Å²) in [4.78, 5) is 23.8. The lowest BCUT2D eigenvalue weighted by Gasteiger charge is -2.16. The fourth-order valence-electron chi connectivity index (χ4n) is 2.88. The summed E-state index contributed by atoms with van der Waals surface area (Å²) in [6.45, 7) is 0.525. The molecule has 1 heterocycles. The average Bonchev–Trinajstić information content (AvgIpc) is 3.07. The van der Waals surface area contributed by atoms with Gasteiger partial charge in [0.25, 0.3) is 0 Å². The zero-order valence-corrected chi connectivity index (χ0v) is 14.5. The van der Waals surface area contributed by atoms with Gasteiger partial charge >= 0.3 is 12.3 Å². The van der Waals surface area contributed by atoms with Crippen molar-refractivity contribution in [2.24, 2.45) is 0 Å². The second-order valence-corrected chi connectivity index (χ2v) is 6.17. The molecule has 0 spiro atoms. The Kier molecular flexibility index (Phi) is 5.43. The minimum Gasteiger partial charge on any atom is -0.493 e. The van der Waals surface area contributed by atoms with Crippen LogP contribution in [0.25, 0.3) is 0 Å². The highest BCUT2D eigenvalue weighted by molar-refractivity contribution is 5.85. The Labute approximate surface area is 157 Å². The molecule has 6 nitrogen and oxygen atoms in total. The Balaban J connectivity index is 1.65. The zero-order chi connectivity index (χ0) is 20.3. The van der Waals surface area contributed by atoms with E-state index in [2.05, 4.69) is 10.1 Å². The van der Waals surface area contributed by atoms with Crippen LogP contribution in [-0.2, 0) is 22.4 Å². The molecule has 9 heteroatoms. The highest BCUT2D eigenvalue weighted by atomic mass is 19.4. The fraction of sp³-hybridized carbons (Fsp3) is 0.263. The van der Waals surface area contributed by atoms with Gasteiger partial charge in [-0.2, -0.15) is 0 Å². The molecule has 2 aromatic rings. The Morgan fingerprint density at radius 3 is 2.54 bits per heavy atom. The predicted octanol–water partition coefficient (Wildman–Crippen LogP) is 3.00. The van der Waals surface area contributed by atoms with Gasteiger partial charge in [-0.3, -0.25) is 4.79 Å². The van der Waals surface area contributed by atoms with Crippen molar-refractivity contribution in [2.45, 2.75) is 25.2 Å². The van der Waals surface area contributed by atoms with Crippen LogP contribution in [0.5, 0.6) is 11.5 Å². The van der Waals surface area contributed by atoms with Crippen molar-refractivity contribution < 1.29 is 37.3 Å². The second-order valence-electron chi connectivity index (χ2n) is 6.17. The fourth-order valence-corrected chi connectivity index (χ4v) is 2.88. The van der Waals surface area contributed by atoms with Crippen molar-refractivity contribution in [3.8, 4) is 11.5 Å². The van der Waals surface area contributed by atoms with Crippen LogP contribution in [0, 0.1) is 0 Å². The molecule has 0 aliphatic carbocycles. The normalized spacial score (nSPS) is 14.0. The number of fused-ring (bicyclic) bond motifs is 1. The average molecular weight is 395 g/mol. The van der Waals surface area contributed by atoms with Crippen molar-refractivity contribution in [1.82, 2.24) is 5.32 Å². The predicted molar refractivity (Wildman–Crippen MR) is 91.0 cm³/mol. The summed E-state index contributed by atoms with van der Waals surface area (Å²) < 4.78 is 45.6. The smallest absolute Gasteiger partial charge is 0.493 e. The summed E-state index contributed by atoms with van der Waals surface area (Å²) in [6.07, 6.45) is -4.32. The summed E-state index contributed by atoms with van der Waals surface area (Å²) in [7, 11) is 0. The molecule has 1 aliphatic heterocycles. The van der Waals surface area contributed by atoms with Gasteiger partial charge in [0, 0.05) is 6.42 Å². The van der Waals surface area contributed by atoms with E-state index in [-0.39, 0.29) is 6.42 Å².